The average Bonchev–Trinajstić information content (AvgIpc) is 2.91. The second kappa shape index (κ2) is 7.08. The predicted molar refractivity (Wildman–Crippen MR) is 97.4 cm³/mol. The third-order valence-corrected chi connectivity index (χ3v) is 4.38. The van der Waals surface area contributed by atoms with Gasteiger partial charge in [-0.15, -0.1) is 0 Å². The Kier molecular flexibility index (Phi) is 4.97. The number of rotatable bonds is 3. The van der Waals surface area contributed by atoms with Crippen molar-refractivity contribution in [3.05, 3.63) is 76.1 Å². The van der Waals surface area contributed by atoms with Gasteiger partial charge in [0.1, 0.15) is 0 Å². The second-order valence-electron chi connectivity index (χ2n) is 5.94. The minimum absolute atomic E-state index is 0.00276. The molecule has 1 aromatic heterocycles. The monoisotopic (exact) mass is 393 g/mol. The van der Waals surface area contributed by atoms with Gasteiger partial charge in [0.2, 0.25) is 0 Å². The van der Waals surface area contributed by atoms with E-state index in [4.69, 9.17) is 11.6 Å². The van der Waals surface area contributed by atoms with E-state index >= 15 is 0 Å². The van der Waals surface area contributed by atoms with Crippen LogP contribution in [0.1, 0.15) is 27.3 Å². The maximum absolute atomic E-state index is 13.0. The van der Waals surface area contributed by atoms with E-state index in [1.807, 2.05) is 30.3 Å². The average molecular weight is 394 g/mol. The Labute approximate surface area is 158 Å². The van der Waals surface area contributed by atoms with Crippen LogP contribution in [0.4, 0.5) is 18.9 Å². The van der Waals surface area contributed by atoms with Crippen LogP contribution in [-0.4, -0.2) is 15.7 Å². The molecule has 8 heteroatoms. The molecule has 140 valence electrons. The van der Waals surface area contributed by atoms with Crippen LogP contribution in [-0.2, 0) is 6.18 Å². The molecule has 1 N–H and O–H groups in total. The zero-order chi connectivity index (χ0) is 19.8. The minimum atomic E-state index is -4.61. The summed E-state index contributed by atoms with van der Waals surface area (Å²) in [6, 6.07) is 12.5. The fourth-order valence-electron chi connectivity index (χ4n) is 2.81. The molecule has 27 heavy (non-hydrogen) atoms. The van der Waals surface area contributed by atoms with Crippen molar-refractivity contribution < 1.29 is 18.0 Å². The lowest BCUT2D eigenvalue weighted by Crippen LogP contribution is -2.15. The van der Waals surface area contributed by atoms with Crippen LogP contribution in [0, 0.1) is 13.8 Å². The molecule has 0 aliphatic carbocycles. The van der Waals surface area contributed by atoms with Crippen LogP contribution in [0.5, 0.6) is 0 Å². The number of aryl methyl sites for hydroxylation is 1. The van der Waals surface area contributed by atoms with Gasteiger partial charge in [-0.2, -0.15) is 18.3 Å². The van der Waals surface area contributed by atoms with Crippen LogP contribution in [0.2, 0.25) is 5.02 Å². The van der Waals surface area contributed by atoms with Crippen LogP contribution < -0.4 is 5.32 Å². The maximum atomic E-state index is 13.0. The Bertz CT molecular complexity index is 997. The van der Waals surface area contributed by atoms with Crippen LogP contribution >= 0.6 is 11.6 Å². The summed E-state index contributed by atoms with van der Waals surface area (Å²) >= 11 is 5.61. The Morgan fingerprint density at radius 1 is 1.11 bits per heavy atom. The minimum Gasteiger partial charge on any atom is -0.322 e. The lowest BCUT2D eigenvalue weighted by molar-refractivity contribution is -0.137. The molecule has 1 heterocycles. The third-order valence-electron chi connectivity index (χ3n) is 4.05. The number of hydrogen-bond acceptors (Lipinski definition) is 2. The van der Waals surface area contributed by atoms with Gasteiger partial charge in [-0.3, -0.25) is 4.79 Å². The lowest BCUT2D eigenvalue weighted by Gasteiger charge is -2.12. The summed E-state index contributed by atoms with van der Waals surface area (Å²) in [6.45, 7) is 3.40. The summed E-state index contributed by atoms with van der Waals surface area (Å²) in [5, 5.41) is 6.44. The summed E-state index contributed by atoms with van der Waals surface area (Å²) in [7, 11) is 0. The number of halogens is 4. The van der Waals surface area contributed by atoms with Gasteiger partial charge in [-0.1, -0.05) is 29.8 Å². The van der Waals surface area contributed by atoms with Gasteiger partial charge in [0.15, 0.2) is 0 Å². The van der Waals surface area contributed by atoms with E-state index in [2.05, 4.69) is 10.4 Å². The number of alkyl halides is 3. The van der Waals surface area contributed by atoms with Gasteiger partial charge in [-0.05, 0) is 44.2 Å². The molecule has 3 aromatic rings. The first-order chi connectivity index (χ1) is 12.7. The van der Waals surface area contributed by atoms with E-state index in [0.29, 0.717) is 17.0 Å². The van der Waals surface area contributed by atoms with Gasteiger partial charge < -0.3 is 5.32 Å². The normalized spacial score (nSPS) is 11.5. The van der Waals surface area contributed by atoms with Crippen molar-refractivity contribution in [1.82, 2.24) is 9.78 Å². The van der Waals surface area contributed by atoms with Gasteiger partial charge in [0.25, 0.3) is 5.91 Å². The number of nitrogens with one attached hydrogen (secondary N) is 1. The maximum Gasteiger partial charge on any atom is 0.417 e. The van der Waals surface area contributed by atoms with E-state index in [-0.39, 0.29) is 5.69 Å². The summed E-state index contributed by atoms with van der Waals surface area (Å²) in [5.41, 5.74) is 1.14. The fraction of sp³-hybridized carbons (Fsp3) is 0.158. The standard InChI is InChI=1S/C19H15ClF3N3O/c1-11-17(12(2)26(25-11)14-6-4-3-5-7-14)18(27)24-13-8-9-16(20)15(10-13)19(21,22)23/h3-10H,1-2H3,(H,24,27). The van der Waals surface area contributed by atoms with E-state index < -0.39 is 22.7 Å². The molecule has 0 aliphatic rings. The van der Waals surface area contributed by atoms with Crippen molar-refractivity contribution in [1.29, 1.82) is 0 Å². The lowest BCUT2D eigenvalue weighted by atomic mass is 10.1. The molecule has 1 amide bonds. The first-order valence-electron chi connectivity index (χ1n) is 7.98. The molecule has 4 nitrogen and oxygen atoms in total. The number of para-hydroxylation sites is 1. The van der Waals surface area contributed by atoms with Crippen molar-refractivity contribution >= 4 is 23.2 Å². The highest BCUT2D eigenvalue weighted by Crippen LogP contribution is 2.36. The van der Waals surface area contributed by atoms with E-state index in [1.165, 1.54) is 6.07 Å². The second-order valence-corrected chi connectivity index (χ2v) is 6.35. The highest BCUT2D eigenvalue weighted by molar-refractivity contribution is 6.31. The molecule has 0 radical (unpaired) electrons. The number of carbonyl (C=O) groups is 1. The molecule has 0 aliphatic heterocycles. The van der Waals surface area contributed by atoms with E-state index in [0.717, 1.165) is 17.8 Å². The molecule has 0 saturated heterocycles. The van der Waals surface area contributed by atoms with Crippen molar-refractivity contribution in [3.8, 4) is 5.69 Å². The Morgan fingerprint density at radius 3 is 2.41 bits per heavy atom. The summed E-state index contributed by atoms with van der Waals surface area (Å²) in [5.74, 6) is -0.539. The summed E-state index contributed by atoms with van der Waals surface area (Å²) in [6.07, 6.45) is -4.61. The molecule has 0 atom stereocenters. The molecular weight excluding hydrogens is 379 g/mol. The highest BCUT2D eigenvalue weighted by Gasteiger charge is 2.33. The van der Waals surface area contributed by atoms with Crippen LogP contribution in [0.25, 0.3) is 5.69 Å². The number of aromatic nitrogens is 2. The van der Waals surface area contributed by atoms with Gasteiger partial charge in [-0.25, -0.2) is 4.68 Å². The number of nitrogens with zero attached hydrogens (tertiary/aromatic N) is 2. The zero-order valence-electron chi connectivity index (χ0n) is 14.4. The summed E-state index contributed by atoms with van der Waals surface area (Å²) < 4.78 is 40.6. The van der Waals surface area contributed by atoms with Gasteiger partial charge in [0, 0.05) is 5.69 Å². The molecular formula is C19H15ClF3N3O. The first-order valence-corrected chi connectivity index (χ1v) is 8.36. The molecule has 0 fully saturated rings. The third kappa shape index (κ3) is 3.83. The molecule has 0 unspecified atom stereocenters. The highest BCUT2D eigenvalue weighted by atomic mass is 35.5. The molecule has 0 saturated carbocycles. The van der Waals surface area contributed by atoms with E-state index in [1.54, 1.807) is 18.5 Å². The van der Waals surface area contributed by atoms with Crippen molar-refractivity contribution in [2.45, 2.75) is 20.0 Å². The quantitative estimate of drug-likeness (QED) is 0.646. The molecule has 3 rings (SSSR count). The summed E-state index contributed by atoms with van der Waals surface area (Å²) in [4.78, 5) is 12.7. The first kappa shape index (κ1) is 19.0. The molecule has 2 aromatic carbocycles. The SMILES string of the molecule is Cc1nn(-c2ccccc2)c(C)c1C(=O)Nc1ccc(Cl)c(C(F)(F)F)c1. The number of anilines is 1. The topological polar surface area (TPSA) is 46.9 Å². The number of amides is 1. The Balaban J connectivity index is 1.93. The zero-order valence-corrected chi connectivity index (χ0v) is 15.2. The Hall–Kier alpha value is -2.80. The number of benzene rings is 2. The van der Waals surface area contributed by atoms with Crippen molar-refractivity contribution in [2.24, 2.45) is 0 Å². The van der Waals surface area contributed by atoms with Crippen molar-refractivity contribution in [3.63, 3.8) is 0 Å². The van der Waals surface area contributed by atoms with Gasteiger partial charge >= 0.3 is 6.18 Å². The molecule has 0 bridgehead atoms. The smallest absolute Gasteiger partial charge is 0.322 e. The number of carbonyl (C=O) groups excluding carboxylic acids is 1. The van der Waals surface area contributed by atoms with Gasteiger partial charge in [0.05, 0.1) is 33.2 Å². The van der Waals surface area contributed by atoms with Crippen LogP contribution in [0.15, 0.2) is 48.5 Å². The van der Waals surface area contributed by atoms with E-state index in [9.17, 15) is 18.0 Å². The molecule has 0 spiro atoms. The van der Waals surface area contributed by atoms with Crippen LogP contribution in [0.3, 0.4) is 0 Å². The van der Waals surface area contributed by atoms with Crippen molar-refractivity contribution in [2.75, 3.05) is 5.32 Å². The number of hydrogen-bond donors (Lipinski definition) is 1. The Morgan fingerprint density at radius 2 is 1.78 bits per heavy atom. The fourth-order valence-corrected chi connectivity index (χ4v) is 3.03. The largest absolute Gasteiger partial charge is 0.417 e. The predicted octanol–water partition coefficient (Wildman–Crippen LogP) is 5.41.